The molecule has 32 heavy (non-hydrogen) atoms. The SMILES string of the molecule is CCOC(=O)c1csc(N2CCc3c2nnc(Nc2nc4ccccc4s2)c3C2CC2)n1. The summed E-state index contributed by atoms with van der Waals surface area (Å²) in [5, 5.41) is 15.9. The van der Waals surface area contributed by atoms with E-state index in [1.54, 1.807) is 23.6 Å². The molecule has 0 saturated heterocycles. The van der Waals surface area contributed by atoms with E-state index in [0.717, 1.165) is 57.9 Å². The molecule has 1 fully saturated rings. The van der Waals surface area contributed by atoms with Gasteiger partial charge in [-0.3, -0.25) is 0 Å². The lowest BCUT2D eigenvalue weighted by molar-refractivity contribution is 0.0520. The number of thiazole rings is 2. The number of fused-ring (bicyclic) bond motifs is 2. The van der Waals surface area contributed by atoms with Crippen LogP contribution < -0.4 is 10.2 Å². The zero-order valence-corrected chi connectivity index (χ0v) is 19.0. The smallest absolute Gasteiger partial charge is 0.357 e. The van der Waals surface area contributed by atoms with Crippen molar-refractivity contribution in [2.75, 3.05) is 23.4 Å². The van der Waals surface area contributed by atoms with E-state index in [0.29, 0.717) is 18.2 Å². The molecule has 1 aliphatic carbocycles. The quantitative estimate of drug-likeness (QED) is 0.397. The second-order valence-corrected chi connectivity index (χ2v) is 9.66. The van der Waals surface area contributed by atoms with Crippen molar-refractivity contribution < 1.29 is 9.53 Å². The maximum atomic E-state index is 12.0. The Balaban J connectivity index is 1.33. The molecule has 6 rings (SSSR count). The number of aromatic nitrogens is 4. The minimum atomic E-state index is -0.394. The molecule has 1 aromatic carbocycles. The Hall–Kier alpha value is -3.11. The molecule has 0 amide bonds. The van der Waals surface area contributed by atoms with Crippen LogP contribution in [-0.4, -0.2) is 39.3 Å². The van der Waals surface area contributed by atoms with Gasteiger partial charge in [-0.25, -0.2) is 14.8 Å². The third-order valence-corrected chi connectivity index (χ3v) is 7.46. The highest BCUT2D eigenvalue weighted by Crippen LogP contribution is 2.49. The van der Waals surface area contributed by atoms with E-state index in [1.165, 1.54) is 22.5 Å². The Morgan fingerprint density at radius 1 is 1.25 bits per heavy atom. The van der Waals surface area contributed by atoms with Crippen LogP contribution in [0.3, 0.4) is 0 Å². The first-order chi connectivity index (χ1) is 15.7. The Morgan fingerprint density at radius 2 is 2.12 bits per heavy atom. The van der Waals surface area contributed by atoms with Crippen molar-refractivity contribution in [2.45, 2.75) is 32.1 Å². The van der Waals surface area contributed by atoms with Gasteiger partial charge in [-0.2, -0.15) is 0 Å². The number of nitrogens with one attached hydrogen (secondary N) is 1. The van der Waals surface area contributed by atoms with E-state index in [9.17, 15) is 4.79 Å². The summed E-state index contributed by atoms with van der Waals surface area (Å²) < 4.78 is 6.21. The summed E-state index contributed by atoms with van der Waals surface area (Å²) in [5.74, 6) is 1.75. The molecule has 0 bridgehead atoms. The highest BCUT2D eigenvalue weighted by molar-refractivity contribution is 7.22. The van der Waals surface area contributed by atoms with Crippen LogP contribution in [0, 0.1) is 0 Å². The van der Waals surface area contributed by atoms with Gasteiger partial charge in [0.2, 0.25) is 0 Å². The van der Waals surface area contributed by atoms with E-state index < -0.39 is 5.97 Å². The lowest BCUT2D eigenvalue weighted by Gasteiger charge is -2.16. The molecule has 0 unspecified atom stereocenters. The van der Waals surface area contributed by atoms with Crippen LogP contribution in [0.5, 0.6) is 0 Å². The van der Waals surface area contributed by atoms with Gasteiger partial charge in [0.25, 0.3) is 0 Å². The fraction of sp³-hybridized carbons (Fsp3) is 0.318. The summed E-state index contributed by atoms with van der Waals surface area (Å²) in [6, 6.07) is 8.11. The molecule has 2 aliphatic rings. The molecule has 1 saturated carbocycles. The third kappa shape index (κ3) is 3.39. The van der Waals surface area contributed by atoms with Gasteiger partial charge in [0.15, 0.2) is 27.6 Å². The number of anilines is 4. The van der Waals surface area contributed by atoms with Crippen LogP contribution in [0.2, 0.25) is 0 Å². The van der Waals surface area contributed by atoms with Gasteiger partial charge >= 0.3 is 5.97 Å². The summed E-state index contributed by atoms with van der Waals surface area (Å²) in [6.07, 6.45) is 3.20. The molecule has 4 heterocycles. The second kappa shape index (κ2) is 7.79. The number of carbonyl (C=O) groups excluding carboxylic acids is 1. The molecule has 0 spiro atoms. The predicted octanol–water partition coefficient (Wildman–Crippen LogP) is 5.03. The summed E-state index contributed by atoms with van der Waals surface area (Å²) in [6.45, 7) is 2.89. The number of hydrogen-bond donors (Lipinski definition) is 1. The van der Waals surface area contributed by atoms with Gasteiger partial charge in [-0.15, -0.1) is 21.5 Å². The van der Waals surface area contributed by atoms with Gasteiger partial charge < -0.3 is 15.0 Å². The summed E-state index contributed by atoms with van der Waals surface area (Å²) >= 11 is 3.05. The van der Waals surface area contributed by atoms with Crippen LogP contribution >= 0.6 is 22.7 Å². The fourth-order valence-corrected chi connectivity index (χ4v) is 5.76. The van der Waals surface area contributed by atoms with Crippen molar-refractivity contribution in [3.8, 4) is 0 Å². The highest BCUT2D eigenvalue weighted by atomic mass is 32.1. The highest BCUT2D eigenvalue weighted by Gasteiger charge is 2.36. The van der Waals surface area contributed by atoms with Gasteiger partial charge in [0.05, 0.1) is 16.8 Å². The molecule has 4 aromatic rings. The first-order valence-corrected chi connectivity index (χ1v) is 12.3. The molecule has 162 valence electrons. The Bertz CT molecular complexity index is 1300. The molecule has 10 heteroatoms. The molecular formula is C22H20N6O2S2. The Labute approximate surface area is 192 Å². The zero-order chi connectivity index (χ0) is 21.7. The molecule has 0 atom stereocenters. The molecule has 1 N–H and O–H groups in total. The van der Waals surface area contributed by atoms with Crippen molar-refractivity contribution >= 4 is 60.8 Å². The number of ether oxygens (including phenoxy) is 1. The Morgan fingerprint density at radius 3 is 2.94 bits per heavy atom. The number of esters is 1. The van der Waals surface area contributed by atoms with Gasteiger partial charge in [-0.1, -0.05) is 23.5 Å². The van der Waals surface area contributed by atoms with Gasteiger partial charge in [0.1, 0.15) is 0 Å². The maximum absolute atomic E-state index is 12.0. The first-order valence-electron chi connectivity index (χ1n) is 10.6. The number of benzene rings is 1. The summed E-state index contributed by atoms with van der Waals surface area (Å²) in [7, 11) is 0. The normalized spacial score (nSPS) is 15.2. The fourth-order valence-electron chi connectivity index (χ4n) is 4.07. The molecule has 8 nitrogen and oxygen atoms in total. The van der Waals surface area contributed by atoms with E-state index >= 15 is 0 Å². The minimum absolute atomic E-state index is 0.332. The van der Waals surface area contributed by atoms with E-state index in [1.807, 2.05) is 18.2 Å². The van der Waals surface area contributed by atoms with Crippen LogP contribution in [0.15, 0.2) is 29.6 Å². The number of carbonyl (C=O) groups is 1. The van der Waals surface area contributed by atoms with Crippen molar-refractivity contribution in [3.63, 3.8) is 0 Å². The van der Waals surface area contributed by atoms with Crippen molar-refractivity contribution in [3.05, 3.63) is 46.5 Å². The third-order valence-electron chi connectivity index (χ3n) is 5.65. The van der Waals surface area contributed by atoms with Crippen LogP contribution in [0.25, 0.3) is 10.2 Å². The number of nitrogens with zero attached hydrogens (tertiary/aromatic N) is 5. The average Bonchev–Trinajstić information content (AvgIpc) is 3.19. The first kappa shape index (κ1) is 19.6. The van der Waals surface area contributed by atoms with Crippen molar-refractivity contribution in [2.24, 2.45) is 0 Å². The van der Waals surface area contributed by atoms with E-state index in [-0.39, 0.29) is 0 Å². The summed E-state index contributed by atoms with van der Waals surface area (Å²) in [4.78, 5) is 23.3. The minimum Gasteiger partial charge on any atom is -0.461 e. The van der Waals surface area contributed by atoms with Gasteiger partial charge in [0, 0.05) is 23.1 Å². The molecule has 0 radical (unpaired) electrons. The van der Waals surface area contributed by atoms with Crippen LogP contribution in [0.1, 0.15) is 47.3 Å². The largest absolute Gasteiger partial charge is 0.461 e. The maximum Gasteiger partial charge on any atom is 0.357 e. The predicted molar refractivity (Wildman–Crippen MR) is 126 cm³/mol. The number of para-hydroxylation sites is 1. The monoisotopic (exact) mass is 464 g/mol. The van der Waals surface area contributed by atoms with E-state index in [4.69, 9.17) is 9.72 Å². The van der Waals surface area contributed by atoms with Crippen LogP contribution in [-0.2, 0) is 11.2 Å². The topological polar surface area (TPSA) is 93.1 Å². The zero-order valence-electron chi connectivity index (χ0n) is 17.4. The lowest BCUT2D eigenvalue weighted by Crippen LogP contribution is -2.15. The average molecular weight is 465 g/mol. The van der Waals surface area contributed by atoms with Crippen molar-refractivity contribution in [1.82, 2.24) is 20.2 Å². The summed E-state index contributed by atoms with van der Waals surface area (Å²) in [5.41, 5.74) is 3.79. The standard InChI is InChI=1S/C22H20N6O2S2/c1-2-30-20(29)15-11-31-22(24-15)28-10-9-13-17(12-7-8-12)18(26-27-19(13)28)25-21-23-14-5-3-4-6-16(14)32-21/h3-6,11-12H,2,7-10H2,1H3,(H,23,25,26). The Kier molecular flexibility index (Phi) is 4.76. The van der Waals surface area contributed by atoms with E-state index in [2.05, 4.69) is 31.5 Å². The van der Waals surface area contributed by atoms with Crippen LogP contribution in [0.4, 0.5) is 21.9 Å². The molecular weight excluding hydrogens is 444 g/mol. The number of hydrogen-bond acceptors (Lipinski definition) is 10. The van der Waals surface area contributed by atoms with Gasteiger partial charge in [-0.05, 0) is 44.2 Å². The lowest BCUT2D eigenvalue weighted by atomic mass is 10.0. The molecule has 1 aliphatic heterocycles. The van der Waals surface area contributed by atoms with Crippen molar-refractivity contribution in [1.29, 1.82) is 0 Å². The second-order valence-electron chi connectivity index (χ2n) is 7.79. The molecule has 3 aromatic heterocycles. The number of rotatable bonds is 6.